The lowest BCUT2D eigenvalue weighted by Crippen LogP contribution is -2.48. The monoisotopic (exact) mass is 362 g/mol. The predicted octanol–water partition coefficient (Wildman–Crippen LogP) is 3.26. The number of anilines is 1. The van der Waals surface area contributed by atoms with Gasteiger partial charge in [-0.2, -0.15) is 8.78 Å². The van der Waals surface area contributed by atoms with Gasteiger partial charge in [0.1, 0.15) is 11.5 Å². The van der Waals surface area contributed by atoms with Crippen LogP contribution in [0.4, 0.5) is 14.5 Å². The molecule has 0 atom stereocenters. The molecule has 138 valence electrons. The lowest BCUT2D eigenvalue weighted by molar-refractivity contribution is -0.0499. The molecule has 0 bridgehead atoms. The van der Waals surface area contributed by atoms with Gasteiger partial charge in [-0.05, 0) is 30.3 Å². The number of carbonyl (C=O) groups excluding carboxylic acids is 1. The first-order chi connectivity index (χ1) is 12.6. The first-order valence-corrected chi connectivity index (χ1v) is 8.30. The van der Waals surface area contributed by atoms with Gasteiger partial charge in [-0.25, -0.2) is 0 Å². The maximum absolute atomic E-state index is 12.6. The van der Waals surface area contributed by atoms with Gasteiger partial charge in [0.2, 0.25) is 0 Å². The van der Waals surface area contributed by atoms with Crippen LogP contribution in [0.15, 0.2) is 48.5 Å². The van der Waals surface area contributed by atoms with Crippen LogP contribution in [0.5, 0.6) is 11.5 Å². The Kier molecular flexibility index (Phi) is 5.55. The summed E-state index contributed by atoms with van der Waals surface area (Å²) in [6.45, 7) is -0.434. The molecule has 26 heavy (non-hydrogen) atoms. The van der Waals surface area contributed by atoms with E-state index in [1.807, 2.05) is 24.3 Å². The molecule has 1 saturated heterocycles. The molecule has 1 aliphatic rings. The second-order valence-corrected chi connectivity index (χ2v) is 5.89. The van der Waals surface area contributed by atoms with Crippen molar-refractivity contribution < 1.29 is 23.0 Å². The van der Waals surface area contributed by atoms with Gasteiger partial charge in [-0.3, -0.25) is 4.79 Å². The number of alkyl halides is 2. The van der Waals surface area contributed by atoms with Gasteiger partial charge < -0.3 is 19.3 Å². The molecule has 2 aromatic carbocycles. The van der Waals surface area contributed by atoms with Crippen LogP contribution < -0.4 is 14.4 Å². The average Bonchev–Trinajstić information content (AvgIpc) is 2.67. The molecule has 1 aliphatic heterocycles. The van der Waals surface area contributed by atoms with Gasteiger partial charge in [0.05, 0.1) is 7.11 Å². The van der Waals surface area contributed by atoms with E-state index < -0.39 is 6.61 Å². The topological polar surface area (TPSA) is 42.0 Å². The Labute approximate surface area is 150 Å². The quantitative estimate of drug-likeness (QED) is 0.819. The number of ether oxygens (including phenoxy) is 2. The Bertz CT molecular complexity index is 762. The van der Waals surface area contributed by atoms with E-state index in [2.05, 4.69) is 9.64 Å². The highest BCUT2D eigenvalue weighted by Crippen LogP contribution is 2.23. The highest BCUT2D eigenvalue weighted by atomic mass is 19.3. The van der Waals surface area contributed by atoms with Crippen molar-refractivity contribution in [3.05, 3.63) is 54.1 Å². The summed E-state index contributed by atoms with van der Waals surface area (Å²) in [7, 11) is 1.63. The van der Waals surface area contributed by atoms with Gasteiger partial charge >= 0.3 is 6.61 Å². The first kappa shape index (κ1) is 18.0. The van der Waals surface area contributed by atoms with Crippen molar-refractivity contribution in [1.82, 2.24) is 4.90 Å². The summed E-state index contributed by atoms with van der Waals surface area (Å²) < 4.78 is 34.3. The largest absolute Gasteiger partial charge is 0.497 e. The molecule has 0 aromatic heterocycles. The minimum atomic E-state index is -2.91. The highest BCUT2D eigenvalue weighted by molar-refractivity contribution is 5.94. The Morgan fingerprint density at radius 2 is 1.69 bits per heavy atom. The molecule has 1 heterocycles. The SMILES string of the molecule is COc1cccc(N2CCN(C(=O)c3cccc(OC(F)F)c3)CC2)c1. The van der Waals surface area contributed by atoms with E-state index in [0.29, 0.717) is 31.7 Å². The van der Waals surface area contributed by atoms with Crippen LogP contribution in [0.2, 0.25) is 0 Å². The Morgan fingerprint density at radius 3 is 2.38 bits per heavy atom. The smallest absolute Gasteiger partial charge is 0.387 e. The highest BCUT2D eigenvalue weighted by Gasteiger charge is 2.23. The van der Waals surface area contributed by atoms with E-state index in [-0.39, 0.29) is 11.7 Å². The molecule has 5 nitrogen and oxygen atoms in total. The summed E-state index contributed by atoms with van der Waals surface area (Å²) in [5, 5.41) is 0. The second-order valence-electron chi connectivity index (χ2n) is 5.89. The van der Waals surface area contributed by atoms with Crippen molar-refractivity contribution in [2.24, 2.45) is 0 Å². The maximum atomic E-state index is 12.6. The zero-order valence-electron chi connectivity index (χ0n) is 14.4. The fourth-order valence-corrected chi connectivity index (χ4v) is 2.96. The normalized spacial score (nSPS) is 14.5. The third kappa shape index (κ3) is 4.22. The molecule has 0 radical (unpaired) electrons. The lowest BCUT2D eigenvalue weighted by Gasteiger charge is -2.36. The van der Waals surface area contributed by atoms with E-state index >= 15 is 0 Å². The van der Waals surface area contributed by atoms with Crippen molar-refractivity contribution >= 4 is 11.6 Å². The number of halogens is 2. The van der Waals surface area contributed by atoms with Crippen LogP contribution >= 0.6 is 0 Å². The molecule has 0 aliphatic carbocycles. The summed E-state index contributed by atoms with van der Waals surface area (Å²) in [6, 6.07) is 13.7. The molecule has 1 amide bonds. The van der Waals surface area contributed by atoms with Crippen LogP contribution in [0.25, 0.3) is 0 Å². The van der Waals surface area contributed by atoms with Crippen molar-refractivity contribution in [2.45, 2.75) is 6.61 Å². The minimum Gasteiger partial charge on any atom is -0.497 e. The first-order valence-electron chi connectivity index (χ1n) is 8.30. The fourth-order valence-electron chi connectivity index (χ4n) is 2.96. The van der Waals surface area contributed by atoms with Gasteiger partial charge in [-0.15, -0.1) is 0 Å². The molecule has 1 fully saturated rings. The molecular weight excluding hydrogens is 342 g/mol. The molecule has 0 spiro atoms. The summed E-state index contributed by atoms with van der Waals surface area (Å²) in [5.41, 5.74) is 1.39. The predicted molar refractivity (Wildman–Crippen MR) is 94.2 cm³/mol. The van der Waals surface area contributed by atoms with E-state index in [1.165, 1.54) is 18.2 Å². The van der Waals surface area contributed by atoms with E-state index in [4.69, 9.17) is 4.74 Å². The summed E-state index contributed by atoms with van der Waals surface area (Å²) in [4.78, 5) is 16.5. The standard InChI is InChI=1S/C19H20F2N2O3/c1-25-16-6-3-5-15(13-16)22-8-10-23(11-9-22)18(24)14-4-2-7-17(12-14)26-19(20)21/h2-7,12-13,19H,8-11H2,1H3. The molecule has 2 aromatic rings. The average molecular weight is 362 g/mol. The van der Waals surface area contributed by atoms with E-state index in [0.717, 1.165) is 11.4 Å². The fraction of sp³-hybridized carbons (Fsp3) is 0.316. The molecular formula is C19H20F2N2O3. The van der Waals surface area contributed by atoms with Crippen molar-refractivity contribution in [2.75, 3.05) is 38.2 Å². The third-order valence-corrected chi connectivity index (χ3v) is 4.29. The van der Waals surface area contributed by atoms with E-state index in [1.54, 1.807) is 18.1 Å². The van der Waals surface area contributed by atoms with Gasteiger partial charge in [0.25, 0.3) is 5.91 Å². The summed E-state index contributed by atoms with van der Waals surface area (Å²) >= 11 is 0. The molecule has 7 heteroatoms. The molecule has 0 saturated carbocycles. The van der Waals surface area contributed by atoms with Crippen LogP contribution in [-0.4, -0.2) is 50.7 Å². The molecule has 0 unspecified atom stereocenters. The van der Waals surface area contributed by atoms with Crippen molar-refractivity contribution in [1.29, 1.82) is 0 Å². The zero-order chi connectivity index (χ0) is 18.5. The van der Waals surface area contributed by atoms with Crippen molar-refractivity contribution in [3.8, 4) is 11.5 Å². The number of carbonyl (C=O) groups is 1. The van der Waals surface area contributed by atoms with Gasteiger partial charge in [0, 0.05) is 43.5 Å². The Hall–Kier alpha value is -2.83. The van der Waals surface area contributed by atoms with Crippen LogP contribution in [0.3, 0.4) is 0 Å². The van der Waals surface area contributed by atoms with Gasteiger partial charge in [0.15, 0.2) is 0 Å². The number of nitrogens with zero attached hydrogens (tertiary/aromatic N) is 2. The maximum Gasteiger partial charge on any atom is 0.387 e. The lowest BCUT2D eigenvalue weighted by atomic mass is 10.1. The number of hydrogen-bond acceptors (Lipinski definition) is 4. The number of rotatable bonds is 5. The second kappa shape index (κ2) is 8.03. The van der Waals surface area contributed by atoms with Gasteiger partial charge in [-0.1, -0.05) is 12.1 Å². The number of hydrogen-bond donors (Lipinski definition) is 0. The van der Waals surface area contributed by atoms with Crippen LogP contribution in [-0.2, 0) is 0 Å². The number of benzene rings is 2. The molecule has 3 rings (SSSR count). The molecule has 0 N–H and O–H groups in total. The number of methoxy groups -OCH3 is 1. The number of piperazine rings is 1. The van der Waals surface area contributed by atoms with E-state index in [9.17, 15) is 13.6 Å². The van der Waals surface area contributed by atoms with Crippen LogP contribution in [0, 0.1) is 0 Å². The minimum absolute atomic E-state index is 0.0131. The van der Waals surface area contributed by atoms with Crippen LogP contribution in [0.1, 0.15) is 10.4 Å². The number of amides is 1. The Morgan fingerprint density at radius 1 is 1.00 bits per heavy atom. The third-order valence-electron chi connectivity index (χ3n) is 4.29. The zero-order valence-corrected chi connectivity index (χ0v) is 14.4. The summed E-state index contributed by atoms with van der Waals surface area (Å²) in [6.07, 6.45) is 0. The van der Waals surface area contributed by atoms with Crippen molar-refractivity contribution in [3.63, 3.8) is 0 Å². The Balaban J connectivity index is 1.63. The summed E-state index contributed by atoms with van der Waals surface area (Å²) in [5.74, 6) is 0.590.